The van der Waals surface area contributed by atoms with Crippen LogP contribution in [0, 0.1) is 6.92 Å². The van der Waals surface area contributed by atoms with E-state index in [0.717, 1.165) is 18.4 Å². The van der Waals surface area contributed by atoms with Gasteiger partial charge in [0.1, 0.15) is 10.8 Å². The summed E-state index contributed by atoms with van der Waals surface area (Å²) in [7, 11) is -3.44. The van der Waals surface area contributed by atoms with Gasteiger partial charge in [-0.15, -0.1) is 11.3 Å². The standard InChI is InChI=1S/C22H27NO5S2/c1-3-28-22(25)12-17-14-29-21(23-17)13-18(24)11-16-9-8-15(2)10-20(16)30(26,27)19-6-4-5-7-19/h8-10,14,19H,3-7,11-13H2,1-2H3. The number of sulfone groups is 1. The van der Waals surface area contributed by atoms with Gasteiger partial charge in [-0.1, -0.05) is 25.0 Å². The van der Waals surface area contributed by atoms with Crippen LogP contribution < -0.4 is 0 Å². The Hall–Kier alpha value is -2.06. The summed E-state index contributed by atoms with van der Waals surface area (Å²) in [5, 5.41) is 2.02. The number of nitrogens with zero attached hydrogens (tertiary/aromatic N) is 1. The molecule has 1 heterocycles. The van der Waals surface area contributed by atoms with E-state index in [2.05, 4.69) is 4.98 Å². The van der Waals surface area contributed by atoms with Gasteiger partial charge < -0.3 is 4.74 Å². The smallest absolute Gasteiger partial charge is 0.311 e. The van der Waals surface area contributed by atoms with E-state index in [-0.39, 0.29) is 36.3 Å². The van der Waals surface area contributed by atoms with Crippen LogP contribution in [0.2, 0.25) is 0 Å². The summed E-state index contributed by atoms with van der Waals surface area (Å²) in [5.74, 6) is -0.444. The van der Waals surface area contributed by atoms with Gasteiger partial charge in [0.15, 0.2) is 9.84 Å². The van der Waals surface area contributed by atoms with Crippen LogP contribution in [0.25, 0.3) is 0 Å². The second-order valence-corrected chi connectivity index (χ2v) is 10.8. The predicted molar refractivity (Wildman–Crippen MR) is 115 cm³/mol. The van der Waals surface area contributed by atoms with Crippen LogP contribution in [0.4, 0.5) is 0 Å². The second kappa shape index (κ2) is 9.83. The molecule has 1 aliphatic rings. The molecule has 0 spiro atoms. The van der Waals surface area contributed by atoms with Gasteiger partial charge in [0.25, 0.3) is 0 Å². The van der Waals surface area contributed by atoms with Crippen LogP contribution in [0.5, 0.6) is 0 Å². The number of aromatic nitrogens is 1. The molecule has 0 unspecified atom stereocenters. The van der Waals surface area contributed by atoms with E-state index >= 15 is 0 Å². The normalized spacial score (nSPS) is 14.7. The maximum Gasteiger partial charge on any atom is 0.311 e. The first kappa shape index (κ1) is 22.6. The molecule has 1 aromatic carbocycles. The Balaban J connectivity index is 1.71. The lowest BCUT2D eigenvalue weighted by molar-refractivity contribution is -0.142. The highest BCUT2D eigenvalue weighted by atomic mass is 32.2. The van der Waals surface area contributed by atoms with E-state index in [1.165, 1.54) is 11.3 Å². The molecule has 1 aromatic heterocycles. The molecule has 0 aliphatic heterocycles. The minimum absolute atomic E-state index is 0.0500. The molecule has 6 nitrogen and oxygen atoms in total. The zero-order valence-electron chi connectivity index (χ0n) is 17.3. The third-order valence-electron chi connectivity index (χ3n) is 5.24. The van der Waals surface area contributed by atoms with E-state index in [9.17, 15) is 18.0 Å². The average molecular weight is 450 g/mol. The number of aryl methyl sites for hydroxylation is 1. The summed E-state index contributed by atoms with van der Waals surface area (Å²) >= 11 is 1.32. The summed E-state index contributed by atoms with van der Waals surface area (Å²) in [5.41, 5.74) is 2.01. The van der Waals surface area contributed by atoms with Crippen LogP contribution in [0.1, 0.15) is 54.4 Å². The van der Waals surface area contributed by atoms with Gasteiger partial charge in [-0.25, -0.2) is 13.4 Å². The molecule has 8 heteroatoms. The lowest BCUT2D eigenvalue weighted by Gasteiger charge is -2.15. The predicted octanol–water partition coefficient (Wildman–Crippen LogP) is 3.63. The number of ether oxygens (including phenoxy) is 1. The Morgan fingerprint density at radius 1 is 1.17 bits per heavy atom. The molecular formula is C22H27NO5S2. The molecule has 1 fully saturated rings. The molecule has 0 radical (unpaired) electrons. The summed E-state index contributed by atoms with van der Waals surface area (Å²) in [6, 6.07) is 5.29. The Kier molecular flexibility index (Phi) is 7.41. The fraction of sp³-hybridized carbons (Fsp3) is 0.500. The fourth-order valence-corrected chi connectivity index (χ4v) is 6.76. The van der Waals surface area contributed by atoms with Gasteiger partial charge in [-0.2, -0.15) is 0 Å². The lowest BCUT2D eigenvalue weighted by atomic mass is 10.1. The molecule has 0 N–H and O–H groups in total. The van der Waals surface area contributed by atoms with Crippen LogP contribution in [-0.4, -0.2) is 37.0 Å². The second-order valence-electron chi connectivity index (χ2n) is 7.67. The van der Waals surface area contributed by atoms with Crippen molar-refractivity contribution in [1.82, 2.24) is 4.98 Å². The Bertz CT molecular complexity index is 1020. The average Bonchev–Trinajstić information content (AvgIpc) is 3.36. The van der Waals surface area contributed by atoms with Crippen molar-refractivity contribution < 1.29 is 22.7 Å². The minimum Gasteiger partial charge on any atom is -0.466 e. The molecule has 3 rings (SSSR count). The van der Waals surface area contributed by atoms with E-state index in [1.807, 2.05) is 13.0 Å². The molecular weight excluding hydrogens is 422 g/mol. The number of esters is 1. The highest BCUT2D eigenvalue weighted by molar-refractivity contribution is 7.92. The molecule has 0 bridgehead atoms. The highest BCUT2D eigenvalue weighted by Crippen LogP contribution is 2.32. The van der Waals surface area contributed by atoms with Gasteiger partial charge >= 0.3 is 5.97 Å². The molecule has 1 saturated carbocycles. The van der Waals surface area contributed by atoms with Crippen LogP contribution in [0.15, 0.2) is 28.5 Å². The first-order valence-corrected chi connectivity index (χ1v) is 12.7. The summed E-state index contributed by atoms with van der Waals surface area (Å²) in [4.78, 5) is 28.9. The quantitative estimate of drug-likeness (QED) is 0.543. The van der Waals surface area contributed by atoms with Crippen molar-refractivity contribution in [2.24, 2.45) is 0 Å². The number of carbonyl (C=O) groups is 2. The molecule has 2 aromatic rings. The SMILES string of the molecule is CCOC(=O)Cc1csc(CC(=O)Cc2ccc(C)cc2S(=O)(=O)C2CCCC2)n1. The fourth-order valence-electron chi connectivity index (χ4n) is 3.77. The van der Waals surface area contributed by atoms with E-state index < -0.39 is 9.84 Å². The lowest BCUT2D eigenvalue weighted by Crippen LogP contribution is -2.20. The topological polar surface area (TPSA) is 90.4 Å². The Labute approximate surface area is 181 Å². The molecule has 0 atom stereocenters. The number of Topliss-reactive ketones (excluding diaryl/α,β-unsaturated/α-hetero) is 1. The van der Waals surface area contributed by atoms with Crippen molar-refractivity contribution in [3.63, 3.8) is 0 Å². The first-order chi connectivity index (χ1) is 14.3. The molecule has 0 amide bonds. The Morgan fingerprint density at radius 3 is 2.60 bits per heavy atom. The molecule has 30 heavy (non-hydrogen) atoms. The number of hydrogen-bond acceptors (Lipinski definition) is 7. The molecule has 0 saturated heterocycles. The zero-order valence-corrected chi connectivity index (χ0v) is 19.0. The van der Waals surface area contributed by atoms with E-state index in [0.29, 0.717) is 40.6 Å². The Morgan fingerprint density at radius 2 is 1.90 bits per heavy atom. The summed E-state index contributed by atoms with van der Waals surface area (Å²) in [6.07, 6.45) is 3.49. The van der Waals surface area contributed by atoms with E-state index in [1.54, 1.807) is 24.4 Å². The van der Waals surface area contributed by atoms with Crippen molar-refractivity contribution in [3.05, 3.63) is 45.4 Å². The summed E-state index contributed by atoms with van der Waals surface area (Å²) in [6.45, 7) is 3.92. The zero-order chi connectivity index (χ0) is 21.7. The number of hydrogen-bond donors (Lipinski definition) is 0. The van der Waals surface area contributed by atoms with Crippen molar-refractivity contribution in [3.8, 4) is 0 Å². The number of benzene rings is 1. The third-order valence-corrected chi connectivity index (χ3v) is 8.48. The van der Waals surface area contributed by atoms with Crippen LogP contribution >= 0.6 is 11.3 Å². The number of thiazole rings is 1. The van der Waals surface area contributed by atoms with Crippen molar-refractivity contribution in [2.45, 2.75) is 68.9 Å². The van der Waals surface area contributed by atoms with Crippen molar-refractivity contribution >= 4 is 32.9 Å². The highest BCUT2D eigenvalue weighted by Gasteiger charge is 2.32. The number of rotatable bonds is 9. The number of carbonyl (C=O) groups excluding carboxylic acids is 2. The molecule has 162 valence electrons. The van der Waals surface area contributed by atoms with Gasteiger partial charge in [-0.3, -0.25) is 9.59 Å². The third kappa shape index (κ3) is 5.55. The van der Waals surface area contributed by atoms with Gasteiger partial charge in [0.05, 0.1) is 35.3 Å². The largest absolute Gasteiger partial charge is 0.466 e. The van der Waals surface area contributed by atoms with Crippen LogP contribution in [0.3, 0.4) is 0 Å². The number of ketones is 1. The first-order valence-electron chi connectivity index (χ1n) is 10.2. The van der Waals surface area contributed by atoms with Crippen molar-refractivity contribution in [2.75, 3.05) is 6.61 Å². The molecule has 1 aliphatic carbocycles. The van der Waals surface area contributed by atoms with Gasteiger partial charge in [0.2, 0.25) is 0 Å². The monoisotopic (exact) mass is 449 g/mol. The maximum absolute atomic E-state index is 13.1. The minimum atomic E-state index is -3.44. The summed E-state index contributed by atoms with van der Waals surface area (Å²) < 4.78 is 31.2. The van der Waals surface area contributed by atoms with E-state index in [4.69, 9.17) is 4.74 Å². The van der Waals surface area contributed by atoms with Crippen molar-refractivity contribution in [1.29, 1.82) is 0 Å². The maximum atomic E-state index is 13.1. The van der Waals surface area contributed by atoms with Gasteiger partial charge in [0, 0.05) is 11.8 Å². The van der Waals surface area contributed by atoms with Gasteiger partial charge in [-0.05, 0) is 43.9 Å². The van der Waals surface area contributed by atoms with Crippen LogP contribution in [-0.2, 0) is 43.4 Å².